The van der Waals surface area contributed by atoms with Crippen molar-refractivity contribution in [1.82, 2.24) is 4.90 Å². The molecular weight excluding hydrogens is 254 g/mol. The molecule has 0 aromatic carbocycles. The van der Waals surface area contributed by atoms with Crippen LogP contribution in [0.5, 0.6) is 0 Å². The van der Waals surface area contributed by atoms with Gasteiger partial charge in [0, 0.05) is 38.8 Å². The third kappa shape index (κ3) is 5.15. The molecule has 3 atom stereocenters. The largest absolute Gasteiger partial charge is 0.383 e. The van der Waals surface area contributed by atoms with E-state index in [0.29, 0.717) is 25.2 Å². The van der Waals surface area contributed by atoms with E-state index in [1.54, 1.807) is 14.2 Å². The van der Waals surface area contributed by atoms with Gasteiger partial charge < -0.3 is 14.3 Å². The van der Waals surface area contributed by atoms with Crippen LogP contribution in [0.1, 0.15) is 39.5 Å². The van der Waals surface area contributed by atoms with E-state index in [0.717, 1.165) is 32.4 Å². The zero-order valence-electron chi connectivity index (χ0n) is 13.6. The summed E-state index contributed by atoms with van der Waals surface area (Å²) in [7, 11) is 3.44. The molecule has 3 unspecified atom stereocenters. The smallest absolute Gasteiger partial charge is 0.127 e. The summed E-state index contributed by atoms with van der Waals surface area (Å²) in [6.07, 6.45) is 5.66. The zero-order valence-corrected chi connectivity index (χ0v) is 13.6. The number of carbonyl (C=O) groups excluding carboxylic acids is 1. The minimum absolute atomic E-state index is 0.173. The molecule has 1 aliphatic carbocycles. The van der Waals surface area contributed by atoms with Gasteiger partial charge in [-0.05, 0) is 25.7 Å². The van der Waals surface area contributed by atoms with Crippen LogP contribution in [0.4, 0.5) is 0 Å². The summed E-state index contributed by atoms with van der Waals surface area (Å²) < 4.78 is 10.5. The van der Waals surface area contributed by atoms with Crippen molar-refractivity contribution in [2.24, 2.45) is 11.3 Å². The van der Waals surface area contributed by atoms with E-state index in [-0.39, 0.29) is 5.41 Å². The molecule has 1 fully saturated rings. The second-order valence-corrected chi connectivity index (χ2v) is 6.45. The highest BCUT2D eigenvalue weighted by Crippen LogP contribution is 2.38. The summed E-state index contributed by atoms with van der Waals surface area (Å²) >= 11 is 0. The van der Waals surface area contributed by atoms with Gasteiger partial charge in [0.15, 0.2) is 0 Å². The molecule has 0 radical (unpaired) electrons. The Labute approximate surface area is 123 Å². The first-order valence-electron chi connectivity index (χ1n) is 7.75. The van der Waals surface area contributed by atoms with Crippen LogP contribution in [0.3, 0.4) is 0 Å². The Balaban J connectivity index is 2.71. The Hall–Kier alpha value is -0.450. The lowest BCUT2D eigenvalue weighted by Gasteiger charge is -2.41. The molecule has 0 spiro atoms. The second kappa shape index (κ2) is 8.75. The molecule has 4 heteroatoms. The molecule has 0 aliphatic heterocycles. The fourth-order valence-electron chi connectivity index (χ4n) is 3.40. The SMILES string of the molecule is COCCN(CC1(C=O)CCCC(C)C1)C(C)COC. The number of hydrogen-bond acceptors (Lipinski definition) is 4. The lowest BCUT2D eigenvalue weighted by atomic mass is 9.70. The molecule has 0 heterocycles. The van der Waals surface area contributed by atoms with Gasteiger partial charge >= 0.3 is 0 Å². The molecule has 0 amide bonds. The Morgan fingerprint density at radius 1 is 1.40 bits per heavy atom. The van der Waals surface area contributed by atoms with Crippen LogP contribution in [0.2, 0.25) is 0 Å². The molecule has 118 valence electrons. The van der Waals surface area contributed by atoms with Crippen molar-refractivity contribution in [3.05, 3.63) is 0 Å². The lowest BCUT2D eigenvalue weighted by Crippen LogP contribution is -2.47. The van der Waals surface area contributed by atoms with Gasteiger partial charge in [0.25, 0.3) is 0 Å². The van der Waals surface area contributed by atoms with Crippen molar-refractivity contribution >= 4 is 6.29 Å². The van der Waals surface area contributed by atoms with Crippen LogP contribution < -0.4 is 0 Å². The Kier molecular flexibility index (Phi) is 7.70. The third-order valence-corrected chi connectivity index (χ3v) is 4.51. The van der Waals surface area contributed by atoms with E-state index in [1.807, 2.05) is 0 Å². The molecule has 4 nitrogen and oxygen atoms in total. The maximum absolute atomic E-state index is 11.7. The van der Waals surface area contributed by atoms with E-state index >= 15 is 0 Å². The Morgan fingerprint density at radius 3 is 2.70 bits per heavy atom. The fourth-order valence-corrected chi connectivity index (χ4v) is 3.40. The number of ether oxygens (including phenoxy) is 2. The van der Waals surface area contributed by atoms with Crippen molar-refractivity contribution in [2.75, 3.05) is 40.5 Å². The summed E-state index contributed by atoms with van der Waals surface area (Å²) in [5.41, 5.74) is -0.173. The zero-order chi connectivity index (χ0) is 15.0. The van der Waals surface area contributed by atoms with E-state index < -0.39 is 0 Å². The van der Waals surface area contributed by atoms with E-state index in [4.69, 9.17) is 9.47 Å². The van der Waals surface area contributed by atoms with Gasteiger partial charge in [-0.1, -0.05) is 19.8 Å². The summed E-state index contributed by atoms with van der Waals surface area (Å²) in [6, 6.07) is 0.309. The lowest BCUT2D eigenvalue weighted by molar-refractivity contribution is -0.120. The van der Waals surface area contributed by atoms with Crippen LogP contribution in [-0.4, -0.2) is 57.8 Å². The first-order valence-corrected chi connectivity index (χ1v) is 7.75. The highest BCUT2D eigenvalue weighted by molar-refractivity contribution is 5.60. The van der Waals surface area contributed by atoms with Gasteiger partial charge in [-0.25, -0.2) is 0 Å². The van der Waals surface area contributed by atoms with E-state index in [9.17, 15) is 4.79 Å². The molecule has 0 N–H and O–H groups in total. The molecule has 0 bridgehead atoms. The maximum atomic E-state index is 11.7. The highest BCUT2D eigenvalue weighted by atomic mass is 16.5. The first kappa shape index (κ1) is 17.6. The number of nitrogens with zero attached hydrogens (tertiary/aromatic N) is 1. The average molecular weight is 285 g/mol. The number of carbonyl (C=O) groups is 1. The minimum atomic E-state index is -0.173. The number of hydrogen-bond donors (Lipinski definition) is 0. The van der Waals surface area contributed by atoms with Crippen molar-refractivity contribution in [2.45, 2.75) is 45.6 Å². The quantitative estimate of drug-likeness (QED) is 0.610. The van der Waals surface area contributed by atoms with Crippen LogP contribution in [0, 0.1) is 11.3 Å². The van der Waals surface area contributed by atoms with Crippen LogP contribution in [0.15, 0.2) is 0 Å². The number of methoxy groups -OCH3 is 2. The van der Waals surface area contributed by atoms with Crippen molar-refractivity contribution in [3.8, 4) is 0 Å². The average Bonchev–Trinajstić information content (AvgIpc) is 2.43. The normalized spacial score (nSPS) is 28.6. The predicted octanol–water partition coefficient (Wildman–Crippen LogP) is 2.37. The van der Waals surface area contributed by atoms with Crippen molar-refractivity contribution in [3.63, 3.8) is 0 Å². The second-order valence-electron chi connectivity index (χ2n) is 6.45. The number of aldehydes is 1. The van der Waals surface area contributed by atoms with Crippen molar-refractivity contribution < 1.29 is 14.3 Å². The van der Waals surface area contributed by atoms with Gasteiger partial charge in [0.2, 0.25) is 0 Å². The van der Waals surface area contributed by atoms with Gasteiger partial charge in [-0.2, -0.15) is 0 Å². The summed E-state index contributed by atoms with van der Waals surface area (Å²) in [5.74, 6) is 0.649. The molecule has 0 saturated heterocycles. The monoisotopic (exact) mass is 285 g/mol. The standard InChI is InChI=1S/C16H31NO3/c1-14-6-5-7-16(10-14,13-18)12-17(8-9-19-3)15(2)11-20-4/h13-15H,5-12H2,1-4H3. The summed E-state index contributed by atoms with van der Waals surface area (Å²) in [6.45, 7) is 7.48. The van der Waals surface area contributed by atoms with Gasteiger partial charge in [0.1, 0.15) is 6.29 Å². The highest BCUT2D eigenvalue weighted by Gasteiger charge is 2.37. The molecule has 1 aliphatic rings. The summed E-state index contributed by atoms with van der Waals surface area (Å²) in [4.78, 5) is 14.1. The van der Waals surface area contributed by atoms with Gasteiger partial charge in [-0.15, -0.1) is 0 Å². The fraction of sp³-hybridized carbons (Fsp3) is 0.938. The Bertz CT molecular complexity index is 285. The summed E-state index contributed by atoms with van der Waals surface area (Å²) in [5, 5.41) is 0. The van der Waals surface area contributed by atoms with Crippen molar-refractivity contribution in [1.29, 1.82) is 0 Å². The first-order chi connectivity index (χ1) is 9.56. The topological polar surface area (TPSA) is 38.8 Å². The van der Waals surface area contributed by atoms with Crippen LogP contribution >= 0.6 is 0 Å². The third-order valence-electron chi connectivity index (χ3n) is 4.51. The molecular formula is C16H31NO3. The maximum Gasteiger partial charge on any atom is 0.127 e. The number of rotatable bonds is 9. The molecule has 0 aromatic heterocycles. The van der Waals surface area contributed by atoms with Gasteiger partial charge in [0.05, 0.1) is 13.2 Å². The molecule has 0 aromatic rings. The molecule has 1 rings (SSSR count). The van der Waals surface area contributed by atoms with Gasteiger partial charge in [-0.3, -0.25) is 4.90 Å². The predicted molar refractivity (Wildman–Crippen MR) is 80.9 cm³/mol. The molecule has 20 heavy (non-hydrogen) atoms. The molecule has 1 saturated carbocycles. The minimum Gasteiger partial charge on any atom is -0.383 e. The van der Waals surface area contributed by atoms with Crippen LogP contribution in [0.25, 0.3) is 0 Å². The van der Waals surface area contributed by atoms with Crippen LogP contribution in [-0.2, 0) is 14.3 Å². The van der Waals surface area contributed by atoms with E-state index in [2.05, 4.69) is 18.7 Å². The Morgan fingerprint density at radius 2 is 2.15 bits per heavy atom. The van der Waals surface area contributed by atoms with E-state index in [1.165, 1.54) is 12.7 Å².